The maximum atomic E-state index is 4.41. The van der Waals surface area contributed by atoms with Crippen molar-refractivity contribution in [3.05, 3.63) is 35.5 Å². The maximum Gasteiger partial charge on any atom is 0.249 e. The van der Waals surface area contributed by atoms with Crippen LogP contribution >= 0.6 is 0 Å². The number of nitrogens with one attached hydrogen (secondary N) is 2. The van der Waals surface area contributed by atoms with Gasteiger partial charge in [-0.2, -0.15) is 10.1 Å². The lowest BCUT2D eigenvalue weighted by atomic mass is 10.1. The van der Waals surface area contributed by atoms with Crippen molar-refractivity contribution >= 4 is 17.5 Å². The second-order valence-corrected chi connectivity index (χ2v) is 5.38. The molecule has 106 valence electrons. The van der Waals surface area contributed by atoms with Gasteiger partial charge in [-0.15, -0.1) is 5.10 Å². The third-order valence-corrected chi connectivity index (χ3v) is 2.88. The van der Waals surface area contributed by atoms with Crippen LogP contribution in [0.2, 0.25) is 0 Å². The Labute approximate surface area is 119 Å². The zero-order chi connectivity index (χ0) is 14.5. The fraction of sp³-hybridized carbons (Fsp3) is 0.400. The van der Waals surface area contributed by atoms with Gasteiger partial charge in [0.1, 0.15) is 0 Å². The molecule has 1 aromatic carbocycles. The van der Waals surface area contributed by atoms with Crippen LogP contribution in [-0.2, 0) is 0 Å². The van der Waals surface area contributed by atoms with Crippen LogP contribution in [0.5, 0.6) is 0 Å². The van der Waals surface area contributed by atoms with E-state index >= 15 is 0 Å². The first-order valence-electron chi connectivity index (χ1n) is 6.82. The molecule has 2 aromatic rings. The van der Waals surface area contributed by atoms with Crippen LogP contribution in [0.15, 0.2) is 24.4 Å². The number of aryl methyl sites for hydroxylation is 2. The first-order valence-corrected chi connectivity index (χ1v) is 6.82. The van der Waals surface area contributed by atoms with Gasteiger partial charge >= 0.3 is 0 Å². The molecule has 1 heterocycles. The number of hydrogen-bond acceptors (Lipinski definition) is 5. The van der Waals surface area contributed by atoms with E-state index in [4.69, 9.17) is 0 Å². The van der Waals surface area contributed by atoms with Gasteiger partial charge in [0.05, 0.1) is 6.20 Å². The molecule has 0 aliphatic heterocycles. The lowest BCUT2D eigenvalue weighted by Gasteiger charge is -2.10. The Balaban J connectivity index is 2.11. The highest BCUT2D eigenvalue weighted by atomic mass is 15.3. The van der Waals surface area contributed by atoms with E-state index in [1.54, 1.807) is 6.20 Å². The summed E-state index contributed by atoms with van der Waals surface area (Å²) in [5.74, 6) is 1.80. The summed E-state index contributed by atoms with van der Waals surface area (Å²) < 4.78 is 0. The molecule has 0 aliphatic carbocycles. The fourth-order valence-corrected chi connectivity index (χ4v) is 1.82. The molecule has 2 rings (SSSR count). The van der Waals surface area contributed by atoms with Crippen LogP contribution in [0, 0.1) is 19.8 Å². The second kappa shape index (κ2) is 6.32. The Morgan fingerprint density at radius 3 is 2.70 bits per heavy atom. The molecule has 0 atom stereocenters. The highest BCUT2D eigenvalue weighted by Crippen LogP contribution is 2.19. The minimum absolute atomic E-state index is 0.505. The zero-order valence-electron chi connectivity index (χ0n) is 12.4. The Hall–Kier alpha value is -2.17. The first kappa shape index (κ1) is 14.2. The molecule has 0 saturated carbocycles. The number of benzene rings is 1. The average molecular weight is 271 g/mol. The molecule has 0 aliphatic rings. The molecule has 0 radical (unpaired) electrons. The summed E-state index contributed by atoms with van der Waals surface area (Å²) in [6.07, 6.45) is 1.63. The van der Waals surface area contributed by atoms with Crippen molar-refractivity contribution in [1.29, 1.82) is 0 Å². The summed E-state index contributed by atoms with van der Waals surface area (Å²) in [5.41, 5.74) is 3.40. The van der Waals surface area contributed by atoms with Gasteiger partial charge in [-0.1, -0.05) is 31.5 Å². The molecule has 0 saturated heterocycles. The van der Waals surface area contributed by atoms with E-state index in [1.807, 2.05) is 6.07 Å². The number of nitrogens with zero attached hydrogens (tertiary/aromatic N) is 3. The maximum absolute atomic E-state index is 4.41. The zero-order valence-corrected chi connectivity index (χ0v) is 12.4. The predicted octanol–water partition coefficient (Wildman–Crippen LogP) is 3.30. The summed E-state index contributed by atoms with van der Waals surface area (Å²) >= 11 is 0. The van der Waals surface area contributed by atoms with Crippen molar-refractivity contribution in [2.45, 2.75) is 27.7 Å². The van der Waals surface area contributed by atoms with E-state index in [0.717, 1.165) is 23.6 Å². The van der Waals surface area contributed by atoms with Crippen molar-refractivity contribution in [3.8, 4) is 0 Å². The van der Waals surface area contributed by atoms with Gasteiger partial charge in [0.15, 0.2) is 5.82 Å². The topological polar surface area (TPSA) is 62.7 Å². The summed E-state index contributed by atoms with van der Waals surface area (Å²) in [5, 5.41) is 14.4. The van der Waals surface area contributed by atoms with Crippen molar-refractivity contribution in [3.63, 3.8) is 0 Å². The highest BCUT2D eigenvalue weighted by Gasteiger charge is 2.04. The standard InChI is InChI=1S/C15H21N5/c1-10(2)8-16-14-9-17-20-15(19-14)18-13-6-5-11(3)7-12(13)4/h5-7,9-10H,8H2,1-4H3,(H2,16,18,19,20). The predicted molar refractivity (Wildman–Crippen MR) is 82.4 cm³/mol. The number of rotatable bonds is 5. The van der Waals surface area contributed by atoms with E-state index in [9.17, 15) is 0 Å². The van der Waals surface area contributed by atoms with Gasteiger partial charge < -0.3 is 10.6 Å². The quantitative estimate of drug-likeness (QED) is 0.873. The van der Waals surface area contributed by atoms with Crippen LogP contribution in [0.4, 0.5) is 17.5 Å². The van der Waals surface area contributed by atoms with Crippen LogP contribution in [0.1, 0.15) is 25.0 Å². The summed E-state index contributed by atoms with van der Waals surface area (Å²) in [7, 11) is 0. The molecular weight excluding hydrogens is 250 g/mol. The monoisotopic (exact) mass is 271 g/mol. The lowest BCUT2D eigenvalue weighted by molar-refractivity contribution is 0.686. The van der Waals surface area contributed by atoms with E-state index in [2.05, 4.69) is 65.6 Å². The third-order valence-electron chi connectivity index (χ3n) is 2.88. The van der Waals surface area contributed by atoms with Crippen LogP contribution < -0.4 is 10.6 Å². The molecule has 0 bridgehead atoms. The van der Waals surface area contributed by atoms with Crippen LogP contribution in [0.25, 0.3) is 0 Å². The summed E-state index contributed by atoms with van der Waals surface area (Å²) in [4.78, 5) is 4.41. The molecule has 0 unspecified atom stereocenters. The third kappa shape index (κ3) is 3.91. The average Bonchev–Trinajstić information content (AvgIpc) is 2.40. The molecule has 5 nitrogen and oxygen atoms in total. The minimum Gasteiger partial charge on any atom is -0.368 e. The van der Waals surface area contributed by atoms with Gasteiger partial charge in [0, 0.05) is 12.2 Å². The van der Waals surface area contributed by atoms with Gasteiger partial charge in [0.2, 0.25) is 5.95 Å². The summed E-state index contributed by atoms with van der Waals surface area (Å²) in [6, 6.07) is 6.21. The smallest absolute Gasteiger partial charge is 0.249 e. The molecular formula is C15H21N5. The Morgan fingerprint density at radius 1 is 1.20 bits per heavy atom. The van der Waals surface area contributed by atoms with E-state index < -0.39 is 0 Å². The van der Waals surface area contributed by atoms with Gasteiger partial charge in [-0.3, -0.25) is 0 Å². The SMILES string of the molecule is Cc1ccc(Nc2nncc(NCC(C)C)n2)c(C)c1. The van der Waals surface area contributed by atoms with Crippen LogP contribution in [0.3, 0.4) is 0 Å². The molecule has 20 heavy (non-hydrogen) atoms. The van der Waals surface area contributed by atoms with Gasteiger partial charge in [-0.05, 0) is 31.4 Å². The first-order chi connectivity index (χ1) is 9.54. The lowest BCUT2D eigenvalue weighted by Crippen LogP contribution is -2.11. The molecule has 0 spiro atoms. The number of anilines is 3. The van der Waals surface area contributed by atoms with Crippen molar-refractivity contribution in [2.24, 2.45) is 5.92 Å². The van der Waals surface area contributed by atoms with E-state index in [1.165, 1.54) is 5.56 Å². The van der Waals surface area contributed by atoms with Crippen molar-refractivity contribution in [1.82, 2.24) is 15.2 Å². The van der Waals surface area contributed by atoms with Crippen molar-refractivity contribution < 1.29 is 0 Å². The summed E-state index contributed by atoms with van der Waals surface area (Å²) in [6.45, 7) is 9.30. The Kier molecular flexibility index (Phi) is 4.50. The number of hydrogen-bond donors (Lipinski definition) is 2. The second-order valence-electron chi connectivity index (χ2n) is 5.38. The fourth-order valence-electron chi connectivity index (χ4n) is 1.82. The number of aromatic nitrogens is 3. The van der Waals surface area contributed by atoms with E-state index in [-0.39, 0.29) is 0 Å². The Morgan fingerprint density at radius 2 is 2.00 bits per heavy atom. The van der Waals surface area contributed by atoms with Crippen molar-refractivity contribution in [2.75, 3.05) is 17.2 Å². The molecule has 0 fully saturated rings. The van der Waals surface area contributed by atoms with Gasteiger partial charge in [-0.25, -0.2) is 0 Å². The highest BCUT2D eigenvalue weighted by molar-refractivity contribution is 5.59. The normalized spacial score (nSPS) is 10.7. The molecule has 1 aromatic heterocycles. The minimum atomic E-state index is 0.505. The van der Waals surface area contributed by atoms with Gasteiger partial charge in [0.25, 0.3) is 0 Å². The van der Waals surface area contributed by atoms with E-state index in [0.29, 0.717) is 11.9 Å². The molecule has 0 amide bonds. The van der Waals surface area contributed by atoms with Crippen LogP contribution in [-0.4, -0.2) is 21.7 Å². The molecule has 5 heteroatoms. The Bertz CT molecular complexity index is 580. The molecule has 2 N–H and O–H groups in total. The largest absolute Gasteiger partial charge is 0.368 e.